The summed E-state index contributed by atoms with van der Waals surface area (Å²) in [5, 5.41) is 3.87. The Hall–Kier alpha value is -0.0800. The minimum Gasteiger partial charge on any atom is -0.381 e. The van der Waals surface area contributed by atoms with Gasteiger partial charge in [0.05, 0.1) is 6.61 Å². The number of ether oxygens (including phenoxy) is 1. The van der Waals surface area contributed by atoms with E-state index in [9.17, 15) is 0 Å². The monoisotopic (exact) mass is 209 g/mol. The summed E-state index contributed by atoms with van der Waals surface area (Å²) >= 11 is 0. The lowest BCUT2D eigenvalue weighted by atomic mass is 9.92. The van der Waals surface area contributed by atoms with Gasteiger partial charge >= 0.3 is 0 Å². The summed E-state index contributed by atoms with van der Waals surface area (Å²) in [6, 6.07) is 1.50. The molecule has 0 aromatic heterocycles. The number of nitrogens with one attached hydrogen (secondary N) is 1. The van der Waals surface area contributed by atoms with Crippen molar-refractivity contribution in [3.8, 4) is 0 Å². The van der Waals surface area contributed by atoms with Crippen LogP contribution in [0.5, 0.6) is 0 Å². The molecule has 3 aliphatic rings. The molecule has 1 N–H and O–H groups in total. The second kappa shape index (κ2) is 4.06. The van der Waals surface area contributed by atoms with Gasteiger partial charge in [0, 0.05) is 18.7 Å². The molecule has 2 aliphatic carbocycles. The van der Waals surface area contributed by atoms with Crippen molar-refractivity contribution in [1.29, 1.82) is 0 Å². The molecule has 1 heterocycles. The highest BCUT2D eigenvalue weighted by Gasteiger charge is 2.40. The number of fused-ring (bicyclic) bond motifs is 2. The third-order valence-corrected chi connectivity index (χ3v) is 4.89. The third kappa shape index (κ3) is 1.94. The van der Waals surface area contributed by atoms with E-state index in [-0.39, 0.29) is 0 Å². The standard InChI is InChI=1S/C13H23NO/c1-9(12-4-5-15-8-12)14-13-7-10-2-3-11(13)6-10/h9-14H,2-8H2,1H3. The Balaban J connectivity index is 1.52. The second-order valence-corrected chi connectivity index (χ2v) is 5.86. The van der Waals surface area contributed by atoms with Crippen LogP contribution in [-0.2, 0) is 4.74 Å². The lowest BCUT2D eigenvalue weighted by Crippen LogP contribution is -2.43. The van der Waals surface area contributed by atoms with E-state index in [4.69, 9.17) is 4.74 Å². The number of hydrogen-bond donors (Lipinski definition) is 1. The molecule has 2 bridgehead atoms. The van der Waals surface area contributed by atoms with Crippen LogP contribution in [0.3, 0.4) is 0 Å². The minimum absolute atomic E-state index is 0.664. The molecule has 2 nitrogen and oxygen atoms in total. The number of hydrogen-bond acceptors (Lipinski definition) is 2. The molecule has 0 aromatic carbocycles. The van der Waals surface area contributed by atoms with E-state index in [1.807, 2.05) is 0 Å². The van der Waals surface area contributed by atoms with Crippen LogP contribution < -0.4 is 5.32 Å². The van der Waals surface area contributed by atoms with Crippen LogP contribution >= 0.6 is 0 Å². The topological polar surface area (TPSA) is 21.3 Å². The van der Waals surface area contributed by atoms with E-state index in [0.717, 1.165) is 37.0 Å². The van der Waals surface area contributed by atoms with Gasteiger partial charge in [-0.3, -0.25) is 0 Å². The third-order valence-electron chi connectivity index (χ3n) is 4.89. The van der Waals surface area contributed by atoms with Gasteiger partial charge in [0.25, 0.3) is 0 Å². The summed E-state index contributed by atoms with van der Waals surface area (Å²) in [7, 11) is 0. The fraction of sp³-hybridized carbons (Fsp3) is 1.00. The van der Waals surface area contributed by atoms with Crippen LogP contribution in [0.1, 0.15) is 39.0 Å². The van der Waals surface area contributed by atoms with E-state index < -0.39 is 0 Å². The Morgan fingerprint density at radius 2 is 2.13 bits per heavy atom. The SMILES string of the molecule is CC(NC1CC2CCC1C2)C1CCOC1. The number of rotatable bonds is 3. The Morgan fingerprint density at radius 1 is 1.20 bits per heavy atom. The molecule has 5 unspecified atom stereocenters. The zero-order valence-electron chi connectivity index (χ0n) is 9.74. The maximum atomic E-state index is 5.46. The quantitative estimate of drug-likeness (QED) is 0.769. The van der Waals surface area contributed by atoms with Gasteiger partial charge in [0.2, 0.25) is 0 Å². The van der Waals surface area contributed by atoms with Crippen molar-refractivity contribution < 1.29 is 4.74 Å². The fourth-order valence-electron chi connectivity index (χ4n) is 3.87. The van der Waals surface area contributed by atoms with Crippen molar-refractivity contribution in [2.45, 2.75) is 51.1 Å². The molecule has 2 saturated carbocycles. The van der Waals surface area contributed by atoms with Gasteiger partial charge in [-0.1, -0.05) is 6.42 Å². The Bertz CT molecular complexity index is 225. The Labute approximate surface area is 92.8 Å². The molecule has 15 heavy (non-hydrogen) atoms. The maximum Gasteiger partial charge on any atom is 0.0509 e. The smallest absolute Gasteiger partial charge is 0.0509 e. The van der Waals surface area contributed by atoms with Gasteiger partial charge in [-0.05, 0) is 50.4 Å². The molecule has 3 rings (SSSR count). The molecule has 0 aromatic rings. The lowest BCUT2D eigenvalue weighted by molar-refractivity contribution is 0.173. The minimum atomic E-state index is 0.664. The Kier molecular flexibility index (Phi) is 2.73. The van der Waals surface area contributed by atoms with Crippen molar-refractivity contribution in [3.63, 3.8) is 0 Å². The molecule has 3 fully saturated rings. The molecular formula is C13H23NO. The summed E-state index contributed by atoms with van der Waals surface area (Å²) in [6.45, 7) is 4.31. The van der Waals surface area contributed by atoms with Crippen LogP contribution in [0, 0.1) is 17.8 Å². The molecular weight excluding hydrogens is 186 g/mol. The molecule has 5 atom stereocenters. The first kappa shape index (κ1) is 10.1. The van der Waals surface area contributed by atoms with Gasteiger partial charge in [-0.25, -0.2) is 0 Å². The van der Waals surface area contributed by atoms with Crippen molar-refractivity contribution in [1.82, 2.24) is 5.32 Å². The summed E-state index contributed by atoms with van der Waals surface area (Å²) < 4.78 is 5.46. The predicted octanol–water partition coefficient (Wildman–Crippen LogP) is 2.19. The molecule has 86 valence electrons. The van der Waals surface area contributed by atoms with E-state index in [0.29, 0.717) is 6.04 Å². The lowest BCUT2D eigenvalue weighted by Gasteiger charge is -2.29. The molecule has 1 aliphatic heterocycles. The first-order chi connectivity index (χ1) is 7.33. The zero-order chi connectivity index (χ0) is 10.3. The van der Waals surface area contributed by atoms with E-state index in [1.165, 1.54) is 32.1 Å². The highest BCUT2D eigenvalue weighted by molar-refractivity contribution is 4.95. The highest BCUT2D eigenvalue weighted by Crippen LogP contribution is 2.44. The maximum absolute atomic E-state index is 5.46. The first-order valence-corrected chi connectivity index (χ1v) is 6.66. The highest BCUT2D eigenvalue weighted by atomic mass is 16.5. The largest absolute Gasteiger partial charge is 0.381 e. The van der Waals surface area contributed by atoms with Crippen molar-refractivity contribution in [3.05, 3.63) is 0 Å². The van der Waals surface area contributed by atoms with Crippen LogP contribution in [0.4, 0.5) is 0 Å². The fourth-order valence-corrected chi connectivity index (χ4v) is 3.87. The van der Waals surface area contributed by atoms with E-state index in [2.05, 4.69) is 12.2 Å². The van der Waals surface area contributed by atoms with Gasteiger partial charge in [0.1, 0.15) is 0 Å². The van der Waals surface area contributed by atoms with Crippen molar-refractivity contribution in [2.24, 2.45) is 17.8 Å². The normalized spacial score (nSPS) is 46.2. The Morgan fingerprint density at radius 3 is 2.73 bits per heavy atom. The summed E-state index contributed by atoms with van der Waals surface area (Å²) in [5.41, 5.74) is 0. The van der Waals surface area contributed by atoms with Crippen LogP contribution in [0.15, 0.2) is 0 Å². The molecule has 0 radical (unpaired) electrons. The van der Waals surface area contributed by atoms with E-state index >= 15 is 0 Å². The van der Waals surface area contributed by atoms with Crippen molar-refractivity contribution in [2.75, 3.05) is 13.2 Å². The van der Waals surface area contributed by atoms with Gasteiger partial charge < -0.3 is 10.1 Å². The summed E-state index contributed by atoms with van der Waals surface area (Å²) in [4.78, 5) is 0. The van der Waals surface area contributed by atoms with Crippen molar-refractivity contribution >= 4 is 0 Å². The first-order valence-electron chi connectivity index (χ1n) is 6.66. The average molecular weight is 209 g/mol. The van der Waals surface area contributed by atoms with Crippen LogP contribution in [0.25, 0.3) is 0 Å². The average Bonchev–Trinajstić information content (AvgIpc) is 2.95. The van der Waals surface area contributed by atoms with Gasteiger partial charge in [-0.15, -0.1) is 0 Å². The van der Waals surface area contributed by atoms with Crippen LogP contribution in [0.2, 0.25) is 0 Å². The van der Waals surface area contributed by atoms with Gasteiger partial charge in [-0.2, -0.15) is 0 Å². The summed E-state index contributed by atoms with van der Waals surface area (Å²) in [5.74, 6) is 2.82. The molecule has 2 heteroatoms. The molecule has 1 saturated heterocycles. The summed E-state index contributed by atoms with van der Waals surface area (Å²) in [6.07, 6.45) is 7.20. The zero-order valence-corrected chi connectivity index (χ0v) is 9.74. The molecule has 0 amide bonds. The van der Waals surface area contributed by atoms with Gasteiger partial charge in [0.15, 0.2) is 0 Å². The molecule has 0 spiro atoms. The second-order valence-electron chi connectivity index (χ2n) is 5.86. The predicted molar refractivity (Wildman–Crippen MR) is 60.8 cm³/mol. The van der Waals surface area contributed by atoms with Crippen LogP contribution in [-0.4, -0.2) is 25.3 Å². The van der Waals surface area contributed by atoms with E-state index in [1.54, 1.807) is 0 Å².